The summed E-state index contributed by atoms with van der Waals surface area (Å²) < 4.78 is 36.3. The fraction of sp³-hybridized carbons (Fsp3) is 0.355. The van der Waals surface area contributed by atoms with Gasteiger partial charge in [-0.2, -0.15) is 0 Å². The minimum atomic E-state index is 0.105. The molecule has 0 N–H and O–H groups in total. The highest BCUT2D eigenvalue weighted by atomic mass is 16.7. The molecule has 0 unspecified atom stereocenters. The molecule has 0 radical (unpaired) electrons. The topological polar surface area (TPSA) is 55.4 Å². The van der Waals surface area contributed by atoms with Crippen LogP contribution in [-0.4, -0.2) is 20.4 Å². The first-order chi connectivity index (χ1) is 17.8. The first-order valence-corrected chi connectivity index (χ1v) is 12.9. The zero-order valence-corrected chi connectivity index (χ0v) is 22.0. The summed E-state index contributed by atoms with van der Waals surface area (Å²) in [5.74, 6) is 5.37. The van der Waals surface area contributed by atoms with Gasteiger partial charge in [0.15, 0.2) is 23.0 Å². The summed E-state index contributed by atoms with van der Waals surface area (Å²) in [7, 11) is 0. The van der Waals surface area contributed by atoms with Gasteiger partial charge in [-0.1, -0.05) is 39.8 Å². The van der Waals surface area contributed by atoms with Crippen molar-refractivity contribution in [2.24, 2.45) is 0 Å². The van der Waals surface area contributed by atoms with Crippen LogP contribution >= 0.6 is 0 Å². The summed E-state index contributed by atoms with van der Waals surface area (Å²) in [5.41, 5.74) is 6.65. The molecule has 0 spiro atoms. The van der Waals surface area contributed by atoms with Gasteiger partial charge in [0.05, 0.1) is 0 Å². The summed E-state index contributed by atoms with van der Waals surface area (Å²) in [6.45, 7) is 13.6. The van der Waals surface area contributed by atoms with Crippen molar-refractivity contribution in [2.75, 3.05) is 20.4 Å². The zero-order chi connectivity index (χ0) is 25.6. The van der Waals surface area contributed by atoms with E-state index in [1.165, 1.54) is 0 Å². The van der Waals surface area contributed by atoms with Crippen molar-refractivity contribution in [3.63, 3.8) is 0 Å². The molecule has 0 aliphatic carbocycles. The van der Waals surface area contributed by atoms with Gasteiger partial charge in [-0.05, 0) is 59.7 Å². The van der Waals surface area contributed by atoms with E-state index in [0.29, 0.717) is 0 Å². The van der Waals surface area contributed by atoms with Gasteiger partial charge in [0.2, 0.25) is 20.4 Å². The number of hydrogen-bond donors (Lipinski definition) is 0. The van der Waals surface area contributed by atoms with Crippen molar-refractivity contribution in [3.05, 3.63) is 46.5 Å². The lowest BCUT2D eigenvalue weighted by molar-refractivity contribution is 0.127. The maximum absolute atomic E-state index is 6.42. The number of rotatable bonds is 2. The van der Waals surface area contributed by atoms with Gasteiger partial charge in [-0.15, -0.1) is 0 Å². The van der Waals surface area contributed by atoms with Crippen molar-refractivity contribution in [1.82, 2.24) is 0 Å². The van der Waals surface area contributed by atoms with Crippen LogP contribution in [0.15, 0.2) is 24.3 Å². The fourth-order valence-electron chi connectivity index (χ4n) is 6.27. The minimum absolute atomic E-state index is 0.105. The van der Waals surface area contributed by atoms with Crippen LogP contribution in [-0.2, 0) is 0 Å². The van der Waals surface area contributed by atoms with Crippen LogP contribution in [0.1, 0.15) is 61.8 Å². The van der Waals surface area contributed by atoms with Crippen molar-refractivity contribution in [1.29, 1.82) is 0 Å². The number of benzene rings is 4. The highest BCUT2D eigenvalue weighted by Gasteiger charge is 2.32. The van der Waals surface area contributed by atoms with Crippen molar-refractivity contribution in [3.8, 4) is 45.6 Å². The second kappa shape index (κ2) is 7.85. The smallest absolute Gasteiger partial charge is 0.231 e. The predicted molar refractivity (Wildman–Crippen MR) is 143 cm³/mol. The lowest BCUT2D eigenvalue weighted by Gasteiger charge is -2.21. The third kappa shape index (κ3) is 3.05. The standard InChI is InChI=1S/C31H30O6/c1-14(2)24-18-7-16(5)26-27-17(6)8-19-21(10-23-31(37-12-33-23)25(19)15(3)4)29(27)35-13-34-28(26)20(18)9-22-30(24)36-11-32-22/h7-10,14-15H,11-13H2,1-6H3. The Hall–Kier alpha value is -3.80. The molecule has 0 saturated heterocycles. The van der Waals surface area contributed by atoms with Gasteiger partial charge < -0.3 is 28.4 Å². The van der Waals surface area contributed by atoms with Crippen LogP contribution < -0.4 is 28.4 Å². The lowest BCUT2D eigenvalue weighted by Crippen LogP contribution is -2.05. The van der Waals surface area contributed by atoms with Crippen molar-refractivity contribution in [2.45, 2.75) is 53.4 Å². The van der Waals surface area contributed by atoms with E-state index >= 15 is 0 Å². The highest BCUT2D eigenvalue weighted by molar-refractivity contribution is 6.06. The first-order valence-electron chi connectivity index (χ1n) is 12.9. The molecule has 0 aromatic heterocycles. The molecular formula is C31H30O6. The van der Waals surface area contributed by atoms with Crippen LogP contribution in [0, 0.1) is 13.8 Å². The molecule has 0 atom stereocenters. The van der Waals surface area contributed by atoms with Crippen LogP contribution in [0.2, 0.25) is 0 Å². The second-order valence-electron chi connectivity index (χ2n) is 10.7. The molecule has 0 bridgehead atoms. The Morgan fingerprint density at radius 1 is 0.486 bits per heavy atom. The Morgan fingerprint density at radius 2 is 0.865 bits per heavy atom. The molecule has 0 saturated carbocycles. The highest BCUT2D eigenvalue weighted by Crippen LogP contribution is 2.55. The number of hydrogen-bond acceptors (Lipinski definition) is 6. The van der Waals surface area contributed by atoms with E-state index in [1.807, 2.05) is 0 Å². The fourth-order valence-corrected chi connectivity index (χ4v) is 6.27. The van der Waals surface area contributed by atoms with Gasteiger partial charge in [0.1, 0.15) is 11.5 Å². The van der Waals surface area contributed by atoms with Crippen LogP contribution in [0.25, 0.3) is 32.7 Å². The Morgan fingerprint density at radius 3 is 1.27 bits per heavy atom. The van der Waals surface area contributed by atoms with Crippen molar-refractivity contribution >= 4 is 21.5 Å². The van der Waals surface area contributed by atoms with Crippen LogP contribution in [0.5, 0.6) is 34.5 Å². The predicted octanol–water partition coefficient (Wildman–Crippen LogP) is 7.71. The average Bonchev–Trinajstić information content (AvgIpc) is 3.45. The van der Waals surface area contributed by atoms with Crippen LogP contribution in [0.3, 0.4) is 0 Å². The summed E-state index contributed by atoms with van der Waals surface area (Å²) in [5, 5.41) is 4.28. The molecule has 37 heavy (non-hydrogen) atoms. The van der Waals surface area contributed by atoms with E-state index in [2.05, 4.69) is 65.8 Å². The summed E-state index contributed by atoms with van der Waals surface area (Å²) in [6, 6.07) is 8.62. The van der Waals surface area contributed by atoms with Crippen molar-refractivity contribution < 1.29 is 28.4 Å². The molecular weight excluding hydrogens is 468 g/mol. The van der Waals surface area contributed by atoms with E-state index in [-0.39, 0.29) is 32.2 Å². The largest absolute Gasteiger partial charge is 0.456 e. The molecule has 3 aliphatic heterocycles. The molecule has 3 aliphatic rings. The Labute approximate surface area is 216 Å². The van der Waals surface area contributed by atoms with Gasteiger partial charge in [-0.25, -0.2) is 0 Å². The van der Waals surface area contributed by atoms with E-state index < -0.39 is 0 Å². The Balaban J connectivity index is 1.58. The van der Waals surface area contributed by atoms with Gasteiger partial charge >= 0.3 is 0 Å². The Bertz CT molecular complexity index is 1510. The minimum Gasteiger partial charge on any atom is -0.456 e. The average molecular weight is 499 g/mol. The molecule has 4 aromatic carbocycles. The van der Waals surface area contributed by atoms with Crippen LogP contribution in [0.4, 0.5) is 0 Å². The van der Waals surface area contributed by atoms with E-state index in [4.69, 9.17) is 28.4 Å². The number of ether oxygens (including phenoxy) is 6. The normalized spacial score (nSPS) is 15.1. The Kier molecular flexibility index (Phi) is 4.75. The number of aryl methyl sites for hydroxylation is 2. The van der Waals surface area contributed by atoms with Gasteiger partial charge in [-0.3, -0.25) is 0 Å². The third-order valence-electron chi connectivity index (χ3n) is 7.75. The molecule has 3 heterocycles. The lowest BCUT2D eigenvalue weighted by atomic mass is 9.85. The summed E-state index contributed by atoms with van der Waals surface area (Å²) >= 11 is 0. The summed E-state index contributed by atoms with van der Waals surface area (Å²) in [6.07, 6.45) is 0. The second-order valence-corrected chi connectivity index (χ2v) is 10.7. The molecule has 6 nitrogen and oxygen atoms in total. The summed E-state index contributed by atoms with van der Waals surface area (Å²) in [4.78, 5) is 0. The maximum atomic E-state index is 6.42. The first kappa shape index (κ1) is 22.4. The quantitative estimate of drug-likeness (QED) is 0.282. The van der Waals surface area contributed by atoms with E-state index in [1.54, 1.807) is 0 Å². The molecule has 190 valence electrons. The number of fused-ring (bicyclic) bond motifs is 9. The van der Waals surface area contributed by atoms with E-state index in [9.17, 15) is 0 Å². The molecule has 7 rings (SSSR count). The molecule has 4 aromatic rings. The third-order valence-corrected chi connectivity index (χ3v) is 7.75. The van der Waals surface area contributed by atoms with Gasteiger partial charge in [0.25, 0.3) is 0 Å². The molecule has 0 amide bonds. The molecule has 0 fully saturated rings. The maximum Gasteiger partial charge on any atom is 0.231 e. The van der Waals surface area contributed by atoms with Gasteiger partial charge in [0, 0.05) is 33.0 Å². The van der Waals surface area contributed by atoms with E-state index in [0.717, 1.165) is 89.4 Å². The monoisotopic (exact) mass is 498 g/mol. The SMILES string of the molecule is Cc1cc2c(C(C)C)c3c(cc2c2c1-c1c(C)cc4c(C(C)C)c5c(cc4c1OCO2)OCO5)OCO3. The zero-order valence-electron chi connectivity index (χ0n) is 22.0. The molecule has 6 heteroatoms.